The highest BCUT2D eigenvalue weighted by atomic mass is 79.9. The number of amides is 1. The van der Waals surface area contributed by atoms with Crippen molar-refractivity contribution in [2.24, 2.45) is 11.1 Å². The van der Waals surface area contributed by atoms with E-state index in [9.17, 15) is 9.59 Å². The van der Waals surface area contributed by atoms with E-state index < -0.39 is 17.7 Å². The van der Waals surface area contributed by atoms with Gasteiger partial charge < -0.3 is 10.5 Å². The molecule has 1 aromatic heterocycles. The molecule has 2 aliphatic rings. The molecule has 146 valence electrons. The Hall–Kier alpha value is -1.73. The number of nitrogens with two attached hydrogens (primary N) is 1. The van der Waals surface area contributed by atoms with E-state index in [4.69, 9.17) is 10.5 Å². The summed E-state index contributed by atoms with van der Waals surface area (Å²) >= 11 is 3.35. The second-order valence-corrected chi connectivity index (χ2v) is 9.22. The molecule has 2 heterocycles. The first kappa shape index (κ1) is 20.0. The minimum absolute atomic E-state index is 0.0133. The van der Waals surface area contributed by atoms with E-state index in [-0.39, 0.29) is 23.7 Å². The fourth-order valence-electron chi connectivity index (χ4n) is 3.88. The SMILES string of the molecule is C=Cc1ccc(Br)nc1CC(=O)[C@@H]1C[C@@]2(CN)C[C@H]2N1C(=O)OC(C)(C)C. The van der Waals surface area contributed by atoms with Crippen molar-refractivity contribution in [3.63, 3.8) is 0 Å². The van der Waals surface area contributed by atoms with Crippen LogP contribution in [0.4, 0.5) is 4.79 Å². The predicted octanol–water partition coefficient (Wildman–Crippen LogP) is 3.33. The maximum atomic E-state index is 13.1. The zero-order valence-electron chi connectivity index (χ0n) is 16.0. The number of fused-ring (bicyclic) bond motifs is 1. The molecular weight excluding hydrogens is 410 g/mol. The number of ether oxygens (including phenoxy) is 1. The first-order valence-corrected chi connectivity index (χ1v) is 9.91. The summed E-state index contributed by atoms with van der Waals surface area (Å²) in [5.74, 6) is -0.0467. The molecule has 6 nitrogen and oxygen atoms in total. The number of aromatic nitrogens is 1. The van der Waals surface area contributed by atoms with Crippen LogP contribution in [0.25, 0.3) is 6.08 Å². The smallest absolute Gasteiger partial charge is 0.411 e. The molecule has 1 aliphatic carbocycles. The van der Waals surface area contributed by atoms with Crippen LogP contribution in [0.2, 0.25) is 0 Å². The van der Waals surface area contributed by atoms with Gasteiger partial charge in [0.1, 0.15) is 10.2 Å². The number of rotatable bonds is 5. The van der Waals surface area contributed by atoms with Gasteiger partial charge in [0, 0.05) is 18.0 Å². The number of carbonyl (C=O) groups is 2. The van der Waals surface area contributed by atoms with Gasteiger partial charge in [0.25, 0.3) is 0 Å². The molecule has 0 spiro atoms. The molecule has 2 fully saturated rings. The average Bonchev–Trinajstić information content (AvgIpc) is 3.18. The topological polar surface area (TPSA) is 85.5 Å². The monoisotopic (exact) mass is 435 g/mol. The van der Waals surface area contributed by atoms with Crippen LogP contribution in [0.5, 0.6) is 0 Å². The van der Waals surface area contributed by atoms with Crippen LogP contribution in [0.3, 0.4) is 0 Å². The first-order valence-electron chi connectivity index (χ1n) is 9.12. The largest absolute Gasteiger partial charge is 0.444 e. The van der Waals surface area contributed by atoms with Crippen LogP contribution in [0.15, 0.2) is 23.3 Å². The summed E-state index contributed by atoms with van der Waals surface area (Å²) in [5, 5.41) is 0. The lowest BCUT2D eigenvalue weighted by atomic mass is 9.95. The van der Waals surface area contributed by atoms with Gasteiger partial charge in [0.15, 0.2) is 5.78 Å². The van der Waals surface area contributed by atoms with Crippen molar-refractivity contribution in [2.45, 2.75) is 57.7 Å². The van der Waals surface area contributed by atoms with Gasteiger partial charge in [-0.25, -0.2) is 9.78 Å². The summed E-state index contributed by atoms with van der Waals surface area (Å²) in [6.45, 7) is 9.72. The highest BCUT2D eigenvalue weighted by Crippen LogP contribution is 2.59. The van der Waals surface area contributed by atoms with Crippen LogP contribution in [-0.2, 0) is 16.0 Å². The summed E-state index contributed by atoms with van der Waals surface area (Å²) in [7, 11) is 0. The van der Waals surface area contributed by atoms with E-state index in [0.717, 1.165) is 12.0 Å². The van der Waals surface area contributed by atoms with Crippen molar-refractivity contribution in [3.8, 4) is 0 Å². The Bertz CT molecular complexity index is 789. The minimum atomic E-state index is -0.616. The van der Waals surface area contributed by atoms with E-state index in [2.05, 4.69) is 27.5 Å². The Morgan fingerprint density at radius 1 is 1.44 bits per heavy atom. The van der Waals surface area contributed by atoms with E-state index in [1.165, 1.54) is 0 Å². The molecule has 1 amide bonds. The molecule has 1 saturated carbocycles. The second-order valence-electron chi connectivity index (χ2n) is 8.41. The number of ketones is 1. The summed E-state index contributed by atoms with van der Waals surface area (Å²) < 4.78 is 6.22. The summed E-state index contributed by atoms with van der Waals surface area (Å²) in [5.41, 5.74) is 6.65. The van der Waals surface area contributed by atoms with Gasteiger partial charge in [0.2, 0.25) is 0 Å². The maximum Gasteiger partial charge on any atom is 0.411 e. The number of likely N-dealkylation sites (tertiary alicyclic amines) is 1. The number of Topliss-reactive ketones (excluding diaryl/α,β-unsaturated/α-hetero) is 1. The van der Waals surface area contributed by atoms with Gasteiger partial charge in [-0.1, -0.05) is 18.7 Å². The third-order valence-electron chi connectivity index (χ3n) is 5.34. The second kappa shape index (κ2) is 7.02. The fourth-order valence-corrected chi connectivity index (χ4v) is 4.22. The number of halogens is 1. The normalized spacial score (nSPS) is 26.5. The number of piperidine rings is 1. The highest BCUT2D eigenvalue weighted by Gasteiger charge is 2.66. The van der Waals surface area contributed by atoms with Crippen LogP contribution in [0, 0.1) is 5.41 Å². The van der Waals surface area contributed by atoms with Crippen LogP contribution in [0.1, 0.15) is 44.9 Å². The Morgan fingerprint density at radius 2 is 2.15 bits per heavy atom. The quantitative estimate of drug-likeness (QED) is 0.716. The molecule has 0 aromatic carbocycles. The van der Waals surface area contributed by atoms with Crippen molar-refractivity contribution in [1.82, 2.24) is 9.88 Å². The molecule has 7 heteroatoms. The van der Waals surface area contributed by atoms with Gasteiger partial charge in [-0.3, -0.25) is 9.69 Å². The number of hydrogen-bond donors (Lipinski definition) is 1. The third-order valence-corrected chi connectivity index (χ3v) is 5.78. The Labute approximate surface area is 168 Å². The van der Waals surface area contributed by atoms with Crippen molar-refractivity contribution >= 4 is 33.9 Å². The molecule has 1 saturated heterocycles. The minimum Gasteiger partial charge on any atom is -0.444 e. The number of pyridine rings is 1. The molecule has 3 atom stereocenters. The molecule has 0 bridgehead atoms. The summed E-state index contributed by atoms with van der Waals surface area (Å²) in [4.78, 5) is 31.9. The van der Waals surface area contributed by atoms with Gasteiger partial charge in [-0.15, -0.1) is 0 Å². The lowest BCUT2D eigenvalue weighted by molar-refractivity contribution is -0.123. The van der Waals surface area contributed by atoms with E-state index in [1.54, 1.807) is 11.0 Å². The van der Waals surface area contributed by atoms with Crippen LogP contribution in [-0.4, -0.2) is 46.0 Å². The zero-order valence-corrected chi connectivity index (χ0v) is 17.6. The predicted molar refractivity (Wildman–Crippen MR) is 107 cm³/mol. The molecular formula is C20H26BrN3O3. The molecule has 3 rings (SSSR count). The van der Waals surface area contributed by atoms with E-state index in [1.807, 2.05) is 32.9 Å². The van der Waals surface area contributed by atoms with Crippen LogP contribution < -0.4 is 5.73 Å². The number of carbonyl (C=O) groups excluding carboxylic acids is 2. The average molecular weight is 436 g/mol. The van der Waals surface area contributed by atoms with Crippen LogP contribution >= 0.6 is 15.9 Å². The summed E-state index contributed by atoms with van der Waals surface area (Å²) in [6.07, 6.45) is 2.80. The molecule has 0 unspecified atom stereocenters. The van der Waals surface area contributed by atoms with Crippen molar-refractivity contribution in [1.29, 1.82) is 0 Å². The van der Waals surface area contributed by atoms with E-state index in [0.29, 0.717) is 23.3 Å². The fraction of sp³-hybridized carbons (Fsp3) is 0.550. The van der Waals surface area contributed by atoms with Gasteiger partial charge in [-0.2, -0.15) is 0 Å². The Morgan fingerprint density at radius 3 is 2.74 bits per heavy atom. The third kappa shape index (κ3) is 3.94. The van der Waals surface area contributed by atoms with E-state index >= 15 is 0 Å². The van der Waals surface area contributed by atoms with Crippen molar-refractivity contribution < 1.29 is 14.3 Å². The molecule has 27 heavy (non-hydrogen) atoms. The van der Waals surface area contributed by atoms with Gasteiger partial charge >= 0.3 is 6.09 Å². The number of nitrogens with zero attached hydrogens (tertiary/aromatic N) is 2. The standard InChI is InChI=1S/C20H26BrN3O3/c1-5-12-6-7-17(21)23-13(12)8-15(25)14-9-20(11-22)10-16(20)24(14)18(26)27-19(2,3)4/h5-7,14,16H,1,8-11,22H2,2-4H3/t14-,16+,20-/m0/s1. The first-order chi connectivity index (χ1) is 12.6. The van der Waals surface area contributed by atoms with Crippen molar-refractivity contribution in [2.75, 3.05) is 6.54 Å². The number of hydrogen-bond acceptors (Lipinski definition) is 5. The Kier molecular flexibility index (Phi) is 5.20. The summed E-state index contributed by atoms with van der Waals surface area (Å²) in [6, 6.07) is 3.14. The Balaban J connectivity index is 1.83. The van der Waals surface area contributed by atoms with Crippen molar-refractivity contribution in [3.05, 3.63) is 34.6 Å². The molecule has 1 aromatic rings. The highest BCUT2D eigenvalue weighted by molar-refractivity contribution is 9.10. The molecule has 1 aliphatic heterocycles. The molecule has 2 N–H and O–H groups in total. The van der Waals surface area contributed by atoms with Gasteiger partial charge in [-0.05, 0) is 61.2 Å². The van der Waals surface area contributed by atoms with Gasteiger partial charge in [0.05, 0.1) is 18.2 Å². The maximum absolute atomic E-state index is 13.1. The lowest BCUT2D eigenvalue weighted by Crippen LogP contribution is -2.46. The lowest BCUT2D eigenvalue weighted by Gasteiger charge is -2.29. The zero-order chi connectivity index (χ0) is 20.0. The molecule has 0 radical (unpaired) electrons.